The van der Waals surface area contributed by atoms with Gasteiger partial charge in [0.05, 0.1) is 17.4 Å². The fourth-order valence-electron chi connectivity index (χ4n) is 2.61. The Bertz CT molecular complexity index is 865. The molecule has 0 bridgehead atoms. The molecule has 1 amide bonds. The number of aromatic nitrogens is 2. The molecule has 114 valence electrons. The minimum absolute atomic E-state index is 0.0718. The summed E-state index contributed by atoms with van der Waals surface area (Å²) in [6.07, 6.45) is 7.03. The molecule has 0 aliphatic rings. The number of carbonyl (C=O) groups is 1. The van der Waals surface area contributed by atoms with E-state index in [9.17, 15) is 4.79 Å². The van der Waals surface area contributed by atoms with E-state index in [1.807, 2.05) is 48.7 Å². The fraction of sp³-hybridized carbons (Fsp3) is 0.0526. The molecule has 0 atom stereocenters. The van der Waals surface area contributed by atoms with E-state index in [1.165, 1.54) is 0 Å². The van der Waals surface area contributed by atoms with E-state index < -0.39 is 0 Å². The lowest BCUT2D eigenvalue weighted by Crippen LogP contribution is -2.31. The van der Waals surface area contributed by atoms with Crippen molar-refractivity contribution in [3.63, 3.8) is 0 Å². The summed E-state index contributed by atoms with van der Waals surface area (Å²) in [6.45, 7) is 8.08. The summed E-state index contributed by atoms with van der Waals surface area (Å²) in [4.78, 5) is 14.6. The molecular weight excluding hydrogens is 286 g/mol. The van der Waals surface area contributed by atoms with Crippen molar-refractivity contribution >= 4 is 23.2 Å². The van der Waals surface area contributed by atoms with Crippen molar-refractivity contribution in [1.82, 2.24) is 9.61 Å². The normalized spacial score (nSPS) is 10.4. The molecule has 0 aliphatic carbocycles. The molecule has 0 aliphatic heterocycles. The van der Waals surface area contributed by atoms with Crippen LogP contribution >= 0.6 is 0 Å². The maximum Gasteiger partial charge on any atom is 0.258 e. The zero-order valence-electron chi connectivity index (χ0n) is 12.7. The highest BCUT2D eigenvalue weighted by atomic mass is 16.2. The smallest absolute Gasteiger partial charge is 0.258 e. The number of pyridine rings is 1. The van der Waals surface area contributed by atoms with Crippen molar-refractivity contribution in [2.75, 3.05) is 11.4 Å². The third-order valence-electron chi connectivity index (χ3n) is 3.67. The van der Waals surface area contributed by atoms with Gasteiger partial charge in [-0.15, -0.1) is 6.58 Å². The first kappa shape index (κ1) is 14.8. The summed E-state index contributed by atoms with van der Waals surface area (Å²) in [5.74, 6) is -0.0718. The van der Waals surface area contributed by atoms with Gasteiger partial charge in [-0.1, -0.05) is 36.9 Å². The molecule has 1 aromatic carbocycles. The Kier molecular flexibility index (Phi) is 4.06. The van der Waals surface area contributed by atoms with Crippen LogP contribution in [0.5, 0.6) is 0 Å². The molecule has 2 aromatic heterocycles. The quantitative estimate of drug-likeness (QED) is 0.672. The summed E-state index contributed by atoms with van der Waals surface area (Å²) in [6, 6.07) is 13.0. The van der Waals surface area contributed by atoms with Gasteiger partial charge in [0.25, 0.3) is 5.91 Å². The Morgan fingerprint density at radius 1 is 1.17 bits per heavy atom. The zero-order valence-corrected chi connectivity index (χ0v) is 12.7. The highest BCUT2D eigenvalue weighted by Gasteiger charge is 2.19. The van der Waals surface area contributed by atoms with Gasteiger partial charge in [0.2, 0.25) is 0 Å². The Balaban J connectivity index is 2.13. The Morgan fingerprint density at radius 2 is 1.96 bits per heavy atom. The van der Waals surface area contributed by atoms with Crippen molar-refractivity contribution in [2.24, 2.45) is 0 Å². The lowest BCUT2D eigenvalue weighted by atomic mass is 10.1. The number of hydrogen-bond donors (Lipinski definition) is 0. The summed E-state index contributed by atoms with van der Waals surface area (Å²) < 4.78 is 1.76. The van der Waals surface area contributed by atoms with Gasteiger partial charge >= 0.3 is 0 Å². The molecule has 0 saturated heterocycles. The largest absolute Gasteiger partial charge is 0.304 e. The van der Waals surface area contributed by atoms with Crippen LogP contribution in [0.1, 0.15) is 15.9 Å². The molecule has 3 rings (SSSR count). The molecule has 0 fully saturated rings. The van der Waals surface area contributed by atoms with E-state index in [4.69, 9.17) is 0 Å². The predicted octanol–water partition coefficient (Wildman–Crippen LogP) is 3.81. The molecule has 0 radical (unpaired) electrons. The predicted molar refractivity (Wildman–Crippen MR) is 93.6 cm³/mol. The molecule has 2 heterocycles. The third-order valence-corrected chi connectivity index (χ3v) is 3.67. The monoisotopic (exact) mass is 303 g/mol. The van der Waals surface area contributed by atoms with Crippen molar-refractivity contribution in [3.8, 4) is 0 Å². The third kappa shape index (κ3) is 2.66. The van der Waals surface area contributed by atoms with Crippen LogP contribution in [0, 0.1) is 0 Å². The van der Waals surface area contributed by atoms with E-state index in [0.717, 1.165) is 16.8 Å². The standard InChI is InChI=1S/C19H17N3O/c1-3-13-21(19(23)15-8-6-5-7-9-15)17-11-14-22-18(10-12-20-22)16(17)4-2/h3-12,14H,1-2,13H2. The summed E-state index contributed by atoms with van der Waals surface area (Å²) >= 11 is 0. The van der Waals surface area contributed by atoms with Gasteiger partial charge in [0, 0.05) is 23.9 Å². The number of rotatable bonds is 5. The second-order valence-electron chi connectivity index (χ2n) is 5.05. The van der Waals surface area contributed by atoms with Crippen LogP contribution in [-0.2, 0) is 0 Å². The number of carbonyl (C=O) groups excluding carboxylic acids is 1. The fourth-order valence-corrected chi connectivity index (χ4v) is 2.61. The number of anilines is 1. The lowest BCUT2D eigenvalue weighted by Gasteiger charge is -2.23. The number of nitrogens with zero attached hydrogens (tertiary/aromatic N) is 3. The molecular formula is C19H17N3O. The molecule has 3 aromatic rings. The van der Waals surface area contributed by atoms with Crippen molar-refractivity contribution in [1.29, 1.82) is 0 Å². The molecule has 23 heavy (non-hydrogen) atoms. The van der Waals surface area contributed by atoms with Gasteiger partial charge in [-0.2, -0.15) is 5.10 Å². The van der Waals surface area contributed by atoms with Crippen LogP contribution in [0.2, 0.25) is 0 Å². The SMILES string of the molecule is C=CCN(C(=O)c1ccccc1)c1ccn2nccc2c1C=C. The van der Waals surface area contributed by atoms with Crippen LogP contribution in [-0.4, -0.2) is 22.1 Å². The van der Waals surface area contributed by atoms with Gasteiger partial charge < -0.3 is 4.90 Å². The molecule has 0 spiro atoms. The van der Waals surface area contributed by atoms with Crippen LogP contribution in [0.25, 0.3) is 11.6 Å². The lowest BCUT2D eigenvalue weighted by molar-refractivity contribution is 0.0989. The topological polar surface area (TPSA) is 37.6 Å². The van der Waals surface area contributed by atoms with Gasteiger partial charge in [-0.25, -0.2) is 4.52 Å². The van der Waals surface area contributed by atoms with E-state index in [2.05, 4.69) is 18.3 Å². The van der Waals surface area contributed by atoms with E-state index in [-0.39, 0.29) is 5.91 Å². The molecule has 0 N–H and O–H groups in total. The maximum absolute atomic E-state index is 12.9. The second-order valence-corrected chi connectivity index (χ2v) is 5.05. The Hall–Kier alpha value is -3.14. The van der Waals surface area contributed by atoms with Crippen LogP contribution in [0.15, 0.2) is 74.1 Å². The minimum atomic E-state index is -0.0718. The summed E-state index contributed by atoms with van der Waals surface area (Å²) in [5, 5.41) is 4.22. The Morgan fingerprint density at radius 3 is 2.65 bits per heavy atom. The zero-order chi connectivity index (χ0) is 16.2. The van der Waals surface area contributed by atoms with Gasteiger partial charge in [-0.05, 0) is 24.3 Å². The first-order valence-corrected chi connectivity index (χ1v) is 7.33. The summed E-state index contributed by atoms with van der Waals surface area (Å²) in [5.41, 5.74) is 3.21. The van der Waals surface area contributed by atoms with Crippen LogP contribution < -0.4 is 4.90 Å². The first-order chi connectivity index (χ1) is 11.3. The van der Waals surface area contributed by atoms with Crippen molar-refractivity contribution < 1.29 is 4.79 Å². The van der Waals surface area contributed by atoms with Crippen molar-refractivity contribution in [3.05, 3.63) is 85.2 Å². The highest BCUT2D eigenvalue weighted by Crippen LogP contribution is 2.27. The van der Waals surface area contributed by atoms with Crippen LogP contribution in [0.4, 0.5) is 5.69 Å². The minimum Gasteiger partial charge on any atom is -0.304 e. The number of benzene rings is 1. The average molecular weight is 303 g/mol. The average Bonchev–Trinajstić information content (AvgIpc) is 3.08. The van der Waals surface area contributed by atoms with E-state index >= 15 is 0 Å². The number of hydrogen-bond acceptors (Lipinski definition) is 2. The number of amides is 1. The molecule has 4 heteroatoms. The van der Waals surface area contributed by atoms with E-state index in [1.54, 1.807) is 27.8 Å². The van der Waals surface area contributed by atoms with Gasteiger partial charge in [-0.3, -0.25) is 4.79 Å². The van der Waals surface area contributed by atoms with Crippen molar-refractivity contribution in [2.45, 2.75) is 0 Å². The van der Waals surface area contributed by atoms with Gasteiger partial charge in [0.1, 0.15) is 0 Å². The first-order valence-electron chi connectivity index (χ1n) is 7.33. The van der Waals surface area contributed by atoms with E-state index in [0.29, 0.717) is 12.1 Å². The van der Waals surface area contributed by atoms with Crippen LogP contribution in [0.3, 0.4) is 0 Å². The summed E-state index contributed by atoms with van der Waals surface area (Å²) in [7, 11) is 0. The second kappa shape index (κ2) is 6.32. The van der Waals surface area contributed by atoms with Gasteiger partial charge in [0.15, 0.2) is 0 Å². The molecule has 0 saturated carbocycles. The number of fused-ring (bicyclic) bond motifs is 1. The Labute approximate surface area is 135 Å². The molecule has 4 nitrogen and oxygen atoms in total. The highest BCUT2D eigenvalue weighted by molar-refractivity contribution is 6.07. The maximum atomic E-state index is 12.9. The molecule has 0 unspecified atom stereocenters.